The predicted molar refractivity (Wildman–Crippen MR) is 50.7 cm³/mol. The van der Waals surface area contributed by atoms with Gasteiger partial charge in [-0.2, -0.15) is 0 Å². The smallest absolute Gasteiger partial charge is 0.103 e. The minimum Gasteiger partial charge on any atom is -0.388 e. The van der Waals surface area contributed by atoms with Gasteiger partial charge in [0.2, 0.25) is 0 Å². The van der Waals surface area contributed by atoms with Gasteiger partial charge in [-0.25, -0.2) is 0 Å². The van der Waals surface area contributed by atoms with Crippen molar-refractivity contribution in [1.82, 2.24) is 0 Å². The first-order chi connectivity index (χ1) is 6.24. The van der Waals surface area contributed by atoms with Crippen LogP contribution in [0.2, 0.25) is 0 Å². The number of rotatable bonds is 5. The van der Waals surface area contributed by atoms with E-state index in [0.29, 0.717) is 12.7 Å². The number of ether oxygens (including phenoxy) is 2. The van der Waals surface area contributed by atoms with Crippen LogP contribution in [0.1, 0.15) is 33.1 Å². The molecule has 1 rings (SSSR count). The molecule has 1 aliphatic heterocycles. The molecule has 0 spiro atoms. The molecule has 3 nitrogen and oxygen atoms in total. The maximum Gasteiger partial charge on any atom is 0.103 e. The van der Waals surface area contributed by atoms with E-state index >= 15 is 0 Å². The van der Waals surface area contributed by atoms with E-state index in [1.54, 1.807) is 0 Å². The van der Waals surface area contributed by atoms with Crippen LogP contribution in [0.3, 0.4) is 0 Å². The Morgan fingerprint density at radius 2 is 2.31 bits per heavy atom. The molecule has 13 heavy (non-hydrogen) atoms. The van der Waals surface area contributed by atoms with Crippen molar-refractivity contribution in [2.24, 2.45) is 0 Å². The molecule has 0 aromatic heterocycles. The first-order valence-corrected chi connectivity index (χ1v) is 5.15. The highest BCUT2D eigenvalue weighted by molar-refractivity contribution is 4.76. The topological polar surface area (TPSA) is 38.7 Å². The standard InChI is InChI=1S/C10H20O3/c1-3-6-12-7-9(11)10-5-4-8(2)13-10/h8-11H,3-7H2,1-2H3. The SMILES string of the molecule is CCCOCC(O)C1CCC(C)O1. The van der Waals surface area contributed by atoms with Crippen LogP contribution in [0.25, 0.3) is 0 Å². The first kappa shape index (κ1) is 11.0. The van der Waals surface area contributed by atoms with Crippen LogP contribution in [0.5, 0.6) is 0 Å². The highest BCUT2D eigenvalue weighted by atomic mass is 16.5. The van der Waals surface area contributed by atoms with E-state index in [9.17, 15) is 5.11 Å². The van der Waals surface area contributed by atoms with E-state index in [0.717, 1.165) is 25.9 Å². The summed E-state index contributed by atoms with van der Waals surface area (Å²) in [6.07, 6.45) is 2.84. The fourth-order valence-electron chi connectivity index (χ4n) is 1.57. The second kappa shape index (κ2) is 5.58. The summed E-state index contributed by atoms with van der Waals surface area (Å²) in [6.45, 7) is 5.23. The summed E-state index contributed by atoms with van der Waals surface area (Å²) in [6, 6.07) is 0. The van der Waals surface area contributed by atoms with E-state index < -0.39 is 6.10 Å². The second-order valence-corrected chi connectivity index (χ2v) is 3.70. The van der Waals surface area contributed by atoms with Gasteiger partial charge in [0.25, 0.3) is 0 Å². The van der Waals surface area contributed by atoms with Crippen LogP contribution in [0.15, 0.2) is 0 Å². The van der Waals surface area contributed by atoms with Crippen LogP contribution in [0.4, 0.5) is 0 Å². The molecule has 1 heterocycles. The molecular formula is C10H20O3. The number of hydrogen-bond donors (Lipinski definition) is 1. The lowest BCUT2D eigenvalue weighted by Gasteiger charge is -2.18. The molecule has 3 unspecified atom stereocenters. The Balaban J connectivity index is 2.12. The van der Waals surface area contributed by atoms with Crippen molar-refractivity contribution in [2.45, 2.75) is 51.4 Å². The van der Waals surface area contributed by atoms with Crippen molar-refractivity contribution in [3.8, 4) is 0 Å². The van der Waals surface area contributed by atoms with Crippen molar-refractivity contribution in [3.05, 3.63) is 0 Å². The lowest BCUT2D eigenvalue weighted by Crippen LogP contribution is -2.30. The van der Waals surface area contributed by atoms with Gasteiger partial charge < -0.3 is 14.6 Å². The monoisotopic (exact) mass is 188 g/mol. The van der Waals surface area contributed by atoms with E-state index in [-0.39, 0.29) is 6.10 Å². The Hall–Kier alpha value is -0.120. The van der Waals surface area contributed by atoms with Gasteiger partial charge in [-0.05, 0) is 26.2 Å². The average molecular weight is 188 g/mol. The first-order valence-electron chi connectivity index (χ1n) is 5.15. The molecule has 0 aromatic carbocycles. The summed E-state index contributed by atoms with van der Waals surface area (Å²) in [7, 11) is 0. The molecule has 0 bridgehead atoms. The molecule has 1 aliphatic rings. The molecule has 0 aromatic rings. The highest BCUT2D eigenvalue weighted by Crippen LogP contribution is 2.21. The van der Waals surface area contributed by atoms with Crippen molar-refractivity contribution in [2.75, 3.05) is 13.2 Å². The summed E-state index contributed by atoms with van der Waals surface area (Å²) in [5.74, 6) is 0. The Morgan fingerprint density at radius 3 is 2.85 bits per heavy atom. The van der Waals surface area contributed by atoms with Gasteiger partial charge in [-0.15, -0.1) is 0 Å². The Labute approximate surface area is 80.0 Å². The number of hydrogen-bond acceptors (Lipinski definition) is 3. The molecule has 0 amide bonds. The van der Waals surface area contributed by atoms with E-state index in [2.05, 4.69) is 6.92 Å². The average Bonchev–Trinajstić information content (AvgIpc) is 2.52. The van der Waals surface area contributed by atoms with Crippen LogP contribution in [0, 0.1) is 0 Å². The summed E-state index contributed by atoms with van der Waals surface area (Å²) >= 11 is 0. The summed E-state index contributed by atoms with van der Waals surface area (Å²) in [5.41, 5.74) is 0. The van der Waals surface area contributed by atoms with E-state index in [4.69, 9.17) is 9.47 Å². The number of aliphatic hydroxyl groups is 1. The van der Waals surface area contributed by atoms with Gasteiger partial charge in [-0.1, -0.05) is 6.92 Å². The predicted octanol–water partition coefficient (Wildman–Crippen LogP) is 1.34. The summed E-state index contributed by atoms with van der Waals surface area (Å²) in [5, 5.41) is 9.64. The molecule has 1 saturated heterocycles. The molecule has 0 radical (unpaired) electrons. The van der Waals surface area contributed by atoms with Gasteiger partial charge in [0.15, 0.2) is 0 Å². The summed E-state index contributed by atoms with van der Waals surface area (Å²) in [4.78, 5) is 0. The minimum absolute atomic E-state index is 0.00754. The zero-order valence-electron chi connectivity index (χ0n) is 8.53. The van der Waals surface area contributed by atoms with E-state index in [1.807, 2.05) is 6.92 Å². The molecule has 0 saturated carbocycles. The molecular weight excluding hydrogens is 168 g/mol. The van der Waals surface area contributed by atoms with Crippen molar-refractivity contribution in [1.29, 1.82) is 0 Å². The molecule has 1 fully saturated rings. The maximum absolute atomic E-state index is 9.64. The van der Waals surface area contributed by atoms with Crippen molar-refractivity contribution < 1.29 is 14.6 Å². The molecule has 3 heteroatoms. The highest BCUT2D eigenvalue weighted by Gasteiger charge is 2.28. The van der Waals surface area contributed by atoms with E-state index in [1.165, 1.54) is 0 Å². The lowest BCUT2D eigenvalue weighted by molar-refractivity contribution is -0.0640. The molecule has 3 atom stereocenters. The molecule has 1 N–H and O–H groups in total. The van der Waals surface area contributed by atoms with Crippen LogP contribution in [-0.4, -0.2) is 36.6 Å². The number of aliphatic hydroxyl groups excluding tert-OH is 1. The quantitative estimate of drug-likeness (QED) is 0.662. The zero-order chi connectivity index (χ0) is 9.68. The largest absolute Gasteiger partial charge is 0.388 e. The third-order valence-corrected chi connectivity index (χ3v) is 2.33. The molecule has 78 valence electrons. The van der Waals surface area contributed by atoms with Crippen LogP contribution >= 0.6 is 0 Å². The Bertz CT molecular complexity index is 138. The van der Waals surface area contributed by atoms with Crippen molar-refractivity contribution in [3.63, 3.8) is 0 Å². The summed E-state index contributed by atoms with van der Waals surface area (Å²) < 4.78 is 10.8. The van der Waals surface area contributed by atoms with Crippen molar-refractivity contribution >= 4 is 0 Å². The van der Waals surface area contributed by atoms with Crippen LogP contribution < -0.4 is 0 Å². The fourth-order valence-corrected chi connectivity index (χ4v) is 1.57. The lowest BCUT2D eigenvalue weighted by atomic mass is 10.1. The zero-order valence-corrected chi connectivity index (χ0v) is 8.53. The van der Waals surface area contributed by atoms with Gasteiger partial charge in [0.05, 0.1) is 18.8 Å². The normalized spacial score (nSPS) is 30.7. The van der Waals surface area contributed by atoms with Gasteiger partial charge in [0, 0.05) is 6.61 Å². The molecule has 0 aliphatic carbocycles. The van der Waals surface area contributed by atoms with Gasteiger partial charge in [0.1, 0.15) is 6.10 Å². The van der Waals surface area contributed by atoms with Gasteiger partial charge >= 0.3 is 0 Å². The minimum atomic E-state index is -0.448. The Morgan fingerprint density at radius 1 is 1.54 bits per heavy atom. The second-order valence-electron chi connectivity index (χ2n) is 3.70. The Kier molecular flexibility index (Phi) is 4.70. The van der Waals surface area contributed by atoms with Crippen LogP contribution in [-0.2, 0) is 9.47 Å². The maximum atomic E-state index is 9.64. The van der Waals surface area contributed by atoms with Gasteiger partial charge in [-0.3, -0.25) is 0 Å². The third kappa shape index (κ3) is 3.63. The third-order valence-electron chi connectivity index (χ3n) is 2.33. The fraction of sp³-hybridized carbons (Fsp3) is 1.00.